The van der Waals surface area contributed by atoms with E-state index < -0.39 is 0 Å². The molecule has 3 aromatic rings. The van der Waals surface area contributed by atoms with Gasteiger partial charge >= 0.3 is 0 Å². The topological polar surface area (TPSA) is 41.5 Å². The molecule has 0 aliphatic carbocycles. The Bertz CT molecular complexity index is 831. The van der Waals surface area contributed by atoms with E-state index in [4.69, 9.17) is 21.5 Å². The number of benzene rings is 3. The van der Waals surface area contributed by atoms with Crippen LogP contribution in [0.2, 0.25) is 5.02 Å². The van der Waals surface area contributed by atoms with Crippen LogP contribution in [0.15, 0.2) is 66.7 Å². The lowest BCUT2D eigenvalue weighted by Gasteiger charge is -2.12. The summed E-state index contributed by atoms with van der Waals surface area (Å²) in [4.78, 5) is 0. The molecule has 0 spiro atoms. The average Bonchev–Trinajstić information content (AvgIpc) is 2.62. The van der Waals surface area contributed by atoms with Crippen molar-refractivity contribution >= 4 is 17.3 Å². The van der Waals surface area contributed by atoms with Crippen LogP contribution in [-0.2, 0) is 6.42 Å². The molecule has 0 aliphatic rings. The van der Waals surface area contributed by atoms with Crippen LogP contribution in [0.1, 0.15) is 11.1 Å². The van der Waals surface area contributed by atoms with Gasteiger partial charge in [-0.2, -0.15) is 0 Å². The van der Waals surface area contributed by atoms with Crippen LogP contribution < -0.4 is 10.2 Å². The Labute approximate surface area is 146 Å². The Kier molecular flexibility index (Phi) is 5.04. The molecule has 0 bridgehead atoms. The van der Waals surface area contributed by atoms with Crippen molar-refractivity contribution < 1.29 is 9.94 Å². The number of ether oxygens (including phenoxy) is 1. The molecule has 0 aromatic heterocycles. The molecule has 4 heteroatoms. The predicted octanol–water partition coefficient (Wildman–Crippen LogP) is 5.41. The van der Waals surface area contributed by atoms with E-state index in [1.54, 1.807) is 7.11 Å². The SMILES string of the molecule is COc1ccc(Cc2ccc(NO)cc2)cc1-c1cccc(Cl)c1. The van der Waals surface area contributed by atoms with Crippen molar-refractivity contribution in [3.05, 3.63) is 82.9 Å². The summed E-state index contributed by atoms with van der Waals surface area (Å²) in [7, 11) is 1.67. The number of hydrogen-bond acceptors (Lipinski definition) is 3. The van der Waals surface area contributed by atoms with E-state index >= 15 is 0 Å². The second-order valence-electron chi connectivity index (χ2n) is 5.53. The zero-order valence-corrected chi connectivity index (χ0v) is 14.0. The van der Waals surface area contributed by atoms with E-state index in [1.165, 1.54) is 5.56 Å². The highest BCUT2D eigenvalue weighted by Gasteiger charge is 2.08. The fraction of sp³-hybridized carbons (Fsp3) is 0.100. The van der Waals surface area contributed by atoms with Crippen LogP contribution in [0.4, 0.5) is 5.69 Å². The molecule has 24 heavy (non-hydrogen) atoms. The Balaban J connectivity index is 1.93. The van der Waals surface area contributed by atoms with Gasteiger partial charge in [0, 0.05) is 10.6 Å². The van der Waals surface area contributed by atoms with E-state index in [0.29, 0.717) is 10.7 Å². The Morgan fingerprint density at radius 3 is 2.38 bits per heavy atom. The highest BCUT2D eigenvalue weighted by Crippen LogP contribution is 2.33. The van der Waals surface area contributed by atoms with Gasteiger partial charge in [0.15, 0.2) is 0 Å². The largest absolute Gasteiger partial charge is 0.496 e. The third-order valence-electron chi connectivity index (χ3n) is 3.89. The first kappa shape index (κ1) is 16.4. The van der Waals surface area contributed by atoms with Crippen molar-refractivity contribution in [2.45, 2.75) is 6.42 Å². The van der Waals surface area contributed by atoms with Crippen LogP contribution in [0.3, 0.4) is 0 Å². The summed E-state index contributed by atoms with van der Waals surface area (Å²) >= 11 is 6.12. The second kappa shape index (κ2) is 7.39. The number of rotatable bonds is 5. The molecule has 0 unspecified atom stereocenters. The molecule has 0 saturated heterocycles. The molecule has 122 valence electrons. The van der Waals surface area contributed by atoms with Gasteiger partial charge in [0.2, 0.25) is 0 Å². The van der Waals surface area contributed by atoms with Crippen LogP contribution >= 0.6 is 11.6 Å². The maximum absolute atomic E-state index is 8.89. The standard InChI is InChI=1S/C20H18ClNO2/c1-24-20-10-7-15(11-14-5-8-18(22-23)9-6-14)12-19(20)16-3-2-4-17(21)13-16/h2-10,12-13,22-23H,11H2,1H3. The number of anilines is 1. The first-order chi connectivity index (χ1) is 11.7. The van der Waals surface area contributed by atoms with Gasteiger partial charge in [0.1, 0.15) is 5.75 Å². The average molecular weight is 340 g/mol. The van der Waals surface area contributed by atoms with Gasteiger partial charge in [-0.3, -0.25) is 10.7 Å². The Morgan fingerprint density at radius 2 is 1.71 bits per heavy atom. The van der Waals surface area contributed by atoms with Crippen molar-refractivity contribution in [3.63, 3.8) is 0 Å². The van der Waals surface area contributed by atoms with Crippen LogP contribution in [0.25, 0.3) is 11.1 Å². The molecule has 3 nitrogen and oxygen atoms in total. The summed E-state index contributed by atoms with van der Waals surface area (Å²) in [5.41, 5.74) is 7.20. The lowest BCUT2D eigenvalue weighted by atomic mass is 9.98. The molecule has 0 saturated carbocycles. The summed E-state index contributed by atoms with van der Waals surface area (Å²) in [6.07, 6.45) is 0.795. The molecule has 0 radical (unpaired) electrons. The maximum Gasteiger partial charge on any atom is 0.126 e. The smallest absolute Gasteiger partial charge is 0.126 e. The third-order valence-corrected chi connectivity index (χ3v) is 4.13. The number of nitrogens with one attached hydrogen (secondary N) is 1. The zero-order chi connectivity index (χ0) is 16.9. The minimum atomic E-state index is 0.674. The van der Waals surface area contributed by atoms with Crippen molar-refractivity contribution in [3.8, 4) is 16.9 Å². The summed E-state index contributed by atoms with van der Waals surface area (Å²) in [6, 6.07) is 21.6. The summed E-state index contributed by atoms with van der Waals surface area (Å²) < 4.78 is 5.50. The lowest BCUT2D eigenvalue weighted by molar-refractivity contribution is 0.389. The van der Waals surface area contributed by atoms with Gasteiger partial charge in [0.25, 0.3) is 0 Å². The fourth-order valence-electron chi connectivity index (χ4n) is 2.68. The monoisotopic (exact) mass is 339 g/mol. The minimum absolute atomic E-state index is 0.674. The molecule has 3 aromatic carbocycles. The van der Waals surface area contributed by atoms with E-state index in [0.717, 1.165) is 28.9 Å². The van der Waals surface area contributed by atoms with E-state index in [9.17, 15) is 0 Å². The normalized spacial score (nSPS) is 10.5. The van der Waals surface area contributed by atoms with Gasteiger partial charge in [-0.15, -0.1) is 0 Å². The number of hydrogen-bond donors (Lipinski definition) is 2. The van der Waals surface area contributed by atoms with Crippen molar-refractivity contribution in [1.82, 2.24) is 0 Å². The van der Waals surface area contributed by atoms with E-state index in [1.807, 2.05) is 54.6 Å². The summed E-state index contributed by atoms with van der Waals surface area (Å²) in [6.45, 7) is 0. The van der Waals surface area contributed by atoms with Crippen molar-refractivity contribution in [2.24, 2.45) is 0 Å². The second-order valence-corrected chi connectivity index (χ2v) is 5.97. The van der Waals surface area contributed by atoms with Gasteiger partial charge in [-0.25, -0.2) is 0 Å². The van der Waals surface area contributed by atoms with Crippen LogP contribution in [0, 0.1) is 0 Å². The molecule has 2 N–H and O–H groups in total. The van der Waals surface area contributed by atoms with Gasteiger partial charge < -0.3 is 4.74 Å². The first-order valence-electron chi connectivity index (χ1n) is 7.61. The first-order valence-corrected chi connectivity index (χ1v) is 7.99. The molecule has 0 heterocycles. The van der Waals surface area contributed by atoms with Gasteiger partial charge in [-0.05, 0) is 59.5 Å². The molecule has 0 atom stereocenters. The summed E-state index contributed by atoms with van der Waals surface area (Å²) in [5, 5.41) is 9.59. The molecule has 0 aliphatic heterocycles. The highest BCUT2D eigenvalue weighted by molar-refractivity contribution is 6.30. The molecule has 0 fully saturated rings. The van der Waals surface area contributed by atoms with Gasteiger partial charge in [-0.1, -0.05) is 41.9 Å². The molecular weight excluding hydrogens is 322 g/mol. The van der Waals surface area contributed by atoms with E-state index in [-0.39, 0.29) is 0 Å². The third kappa shape index (κ3) is 3.70. The lowest BCUT2D eigenvalue weighted by Crippen LogP contribution is -1.94. The molecule has 3 rings (SSSR count). The maximum atomic E-state index is 8.89. The Morgan fingerprint density at radius 1 is 0.958 bits per heavy atom. The predicted molar refractivity (Wildman–Crippen MR) is 98.1 cm³/mol. The van der Waals surface area contributed by atoms with Crippen molar-refractivity contribution in [1.29, 1.82) is 0 Å². The highest BCUT2D eigenvalue weighted by atomic mass is 35.5. The van der Waals surface area contributed by atoms with Crippen molar-refractivity contribution in [2.75, 3.05) is 12.6 Å². The quantitative estimate of drug-likeness (QED) is 0.611. The fourth-order valence-corrected chi connectivity index (χ4v) is 2.87. The van der Waals surface area contributed by atoms with E-state index in [2.05, 4.69) is 17.6 Å². The Hall–Kier alpha value is -2.49. The van der Waals surface area contributed by atoms with Crippen LogP contribution in [-0.4, -0.2) is 12.3 Å². The zero-order valence-electron chi connectivity index (χ0n) is 13.3. The summed E-state index contributed by atoms with van der Waals surface area (Å²) in [5.74, 6) is 0.820. The van der Waals surface area contributed by atoms with Crippen LogP contribution in [0.5, 0.6) is 5.75 Å². The minimum Gasteiger partial charge on any atom is -0.496 e. The number of methoxy groups -OCH3 is 1. The molecule has 0 amide bonds. The van der Waals surface area contributed by atoms with Gasteiger partial charge in [0.05, 0.1) is 12.8 Å². The molecular formula is C20H18ClNO2. The number of halogens is 1.